The Labute approximate surface area is 196 Å². The summed E-state index contributed by atoms with van der Waals surface area (Å²) in [5.74, 6) is -0.141. The molecule has 8 heteroatoms. The van der Waals surface area contributed by atoms with Crippen molar-refractivity contribution in [2.45, 2.75) is 38.1 Å². The van der Waals surface area contributed by atoms with Gasteiger partial charge in [-0.3, -0.25) is 14.9 Å². The molecule has 2 aliphatic heterocycles. The van der Waals surface area contributed by atoms with Gasteiger partial charge in [0.1, 0.15) is 5.54 Å². The van der Waals surface area contributed by atoms with Crippen LogP contribution in [0, 0.1) is 5.92 Å². The van der Waals surface area contributed by atoms with Gasteiger partial charge in [0.2, 0.25) is 0 Å². The summed E-state index contributed by atoms with van der Waals surface area (Å²) in [6.45, 7) is 5.16. The summed E-state index contributed by atoms with van der Waals surface area (Å²) in [7, 11) is 0. The van der Waals surface area contributed by atoms with Crippen LogP contribution in [0.1, 0.15) is 53.5 Å². The first-order valence-electron chi connectivity index (χ1n) is 11.3. The van der Waals surface area contributed by atoms with Crippen LogP contribution in [-0.2, 0) is 10.3 Å². The van der Waals surface area contributed by atoms with Crippen LogP contribution in [-0.4, -0.2) is 40.8 Å². The molecule has 0 radical (unpaired) electrons. The first-order valence-corrected chi connectivity index (χ1v) is 12.1. The summed E-state index contributed by atoms with van der Waals surface area (Å²) >= 11 is 1.75. The van der Waals surface area contributed by atoms with Gasteiger partial charge in [0.05, 0.1) is 15.2 Å². The van der Waals surface area contributed by atoms with Crippen molar-refractivity contribution in [2.24, 2.45) is 5.92 Å². The van der Waals surface area contributed by atoms with Crippen molar-refractivity contribution >= 4 is 39.4 Å². The van der Waals surface area contributed by atoms with E-state index >= 15 is 0 Å². The molecular weight excluding hydrogens is 436 g/mol. The van der Waals surface area contributed by atoms with E-state index in [0.717, 1.165) is 23.4 Å². The molecule has 1 atom stereocenters. The summed E-state index contributed by atoms with van der Waals surface area (Å²) < 4.78 is 1.21. The Morgan fingerprint density at radius 2 is 1.79 bits per heavy atom. The molecule has 3 heterocycles. The molecule has 0 spiro atoms. The van der Waals surface area contributed by atoms with Crippen LogP contribution < -0.4 is 10.6 Å². The van der Waals surface area contributed by atoms with E-state index in [0.29, 0.717) is 30.1 Å². The second kappa shape index (κ2) is 8.26. The van der Waals surface area contributed by atoms with Crippen molar-refractivity contribution in [1.82, 2.24) is 20.5 Å². The van der Waals surface area contributed by atoms with Crippen molar-refractivity contribution in [2.75, 3.05) is 13.1 Å². The number of rotatable bonds is 4. The monoisotopic (exact) mass is 462 g/mol. The number of para-hydroxylation sites is 1. The number of nitrogens with one attached hydrogen (secondary N) is 2. The van der Waals surface area contributed by atoms with E-state index in [2.05, 4.69) is 16.7 Å². The van der Waals surface area contributed by atoms with Crippen molar-refractivity contribution in [1.29, 1.82) is 0 Å². The van der Waals surface area contributed by atoms with E-state index in [1.807, 2.05) is 36.9 Å². The predicted molar refractivity (Wildman–Crippen MR) is 127 cm³/mol. The minimum absolute atomic E-state index is 0.0113. The van der Waals surface area contributed by atoms with Crippen molar-refractivity contribution in [3.05, 3.63) is 64.7 Å². The summed E-state index contributed by atoms with van der Waals surface area (Å²) in [5.41, 5.74) is 1.18. The Hall–Kier alpha value is -3.26. The van der Waals surface area contributed by atoms with Gasteiger partial charge < -0.3 is 10.2 Å². The molecule has 170 valence electrons. The average Bonchev–Trinajstić information content (AvgIpc) is 3.39. The minimum atomic E-state index is -1.12. The topological polar surface area (TPSA) is 91.4 Å². The fourth-order valence-electron chi connectivity index (χ4n) is 4.86. The normalized spacial score (nSPS) is 21.5. The number of fused-ring (bicyclic) bond motifs is 1. The number of thiazole rings is 1. The number of carbonyl (C=O) groups is 3. The number of aromatic nitrogens is 1. The zero-order chi connectivity index (χ0) is 23.2. The molecule has 0 bridgehead atoms. The lowest BCUT2D eigenvalue weighted by Gasteiger charge is -2.32. The largest absolute Gasteiger partial charge is 0.339 e. The van der Waals surface area contributed by atoms with E-state index in [9.17, 15) is 14.4 Å². The van der Waals surface area contributed by atoms with Gasteiger partial charge in [-0.05, 0) is 48.6 Å². The predicted octanol–water partition coefficient (Wildman–Crippen LogP) is 4.01. The van der Waals surface area contributed by atoms with Crippen molar-refractivity contribution in [3.63, 3.8) is 0 Å². The summed E-state index contributed by atoms with van der Waals surface area (Å²) in [4.78, 5) is 44.1. The van der Waals surface area contributed by atoms with Gasteiger partial charge in [-0.15, -0.1) is 11.3 Å². The Morgan fingerprint density at radius 1 is 1.09 bits per heavy atom. The highest BCUT2D eigenvalue weighted by atomic mass is 32.1. The van der Waals surface area contributed by atoms with Gasteiger partial charge in [-0.25, -0.2) is 9.78 Å². The maximum atomic E-state index is 13.1. The Balaban J connectivity index is 1.28. The number of amides is 4. The lowest BCUT2D eigenvalue weighted by atomic mass is 9.79. The van der Waals surface area contributed by atoms with Gasteiger partial charge in [0.15, 0.2) is 0 Å². The second-order valence-corrected chi connectivity index (χ2v) is 10.1. The molecule has 0 saturated carbocycles. The lowest BCUT2D eigenvalue weighted by molar-refractivity contribution is -0.125. The number of imide groups is 1. The molecule has 0 aliphatic carbocycles. The fraction of sp³-hybridized carbons (Fsp3) is 0.360. The molecule has 2 fully saturated rings. The molecule has 1 aromatic heterocycles. The van der Waals surface area contributed by atoms with E-state index < -0.39 is 11.6 Å². The smallest absolute Gasteiger partial charge is 0.322 e. The van der Waals surface area contributed by atoms with Crippen LogP contribution in [0.4, 0.5) is 4.79 Å². The van der Waals surface area contributed by atoms with E-state index in [-0.39, 0.29) is 17.7 Å². The maximum Gasteiger partial charge on any atom is 0.322 e. The number of likely N-dealkylation sites (tertiary alicyclic amines) is 1. The van der Waals surface area contributed by atoms with Crippen LogP contribution in [0.15, 0.2) is 48.5 Å². The molecule has 4 amide bonds. The third-order valence-corrected chi connectivity index (χ3v) is 7.99. The summed E-state index contributed by atoms with van der Waals surface area (Å²) in [6, 6.07) is 14.7. The molecule has 2 aliphatic rings. The van der Waals surface area contributed by atoms with Crippen LogP contribution in [0.2, 0.25) is 0 Å². The lowest BCUT2D eigenvalue weighted by Crippen LogP contribution is -2.48. The SMILES string of the molecule is CC(C)[C@]1(c2ccc(C(=O)N3CCC(c4nc5ccccc5s4)CC3)cc2)NC(=O)NC1=O. The van der Waals surface area contributed by atoms with Crippen molar-refractivity contribution in [3.8, 4) is 0 Å². The van der Waals surface area contributed by atoms with Gasteiger partial charge >= 0.3 is 6.03 Å². The molecule has 7 nitrogen and oxygen atoms in total. The number of hydrogen-bond donors (Lipinski definition) is 2. The quantitative estimate of drug-likeness (QED) is 0.573. The van der Waals surface area contributed by atoms with Crippen LogP contribution in [0.3, 0.4) is 0 Å². The molecule has 5 rings (SSSR count). The number of piperidine rings is 1. The van der Waals surface area contributed by atoms with Gasteiger partial charge in [0.25, 0.3) is 11.8 Å². The third-order valence-electron chi connectivity index (χ3n) is 6.79. The first-order chi connectivity index (χ1) is 15.9. The van der Waals surface area contributed by atoms with E-state index in [1.54, 1.807) is 35.6 Å². The van der Waals surface area contributed by atoms with Crippen LogP contribution in [0.25, 0.3) is 10.2 Å². The number of carbonyl (C=O) groups excluding carboxylic acids is 3. The standard InChI is InChI=1S/C25H26N4O3S/c1-15(2)25(23(31)27-24(32)28-25)18-9-7-17(8-10-18)22(30)29-13-11-16(12-14-29)21-26-19-5-3-4-6-20(19)33-21/h3-10,15-16H,11-14H2,1-2H3,(H2,27,28,31,32)/t25-/m1/s1. The van der Waals surface area contributed by atoms with Crippen LogP contribution >= 0.6 is 11.3 Å². The summed E-state index contributed by atoms with van der Waals surface area (Å²) in [6.07, 6.45) is 1.79. The second-order valence-electron chi connectivity index (χ2n) is 9.03. The average molecular weight is 463 g/mol. The van der Waals surface area contributed by atoms with E-state index in [1.165, 1.54) is 4.70 Å². The number of nitrogens with zero attached hydrogens (tertiary/aromatic N) is 2. The van der Waals surface area contributed by atoms with Gasteiger partial charge in [0, 0.05) is 24.6 Å². The van der Waals surface area contributed by atoms with Crippen molar-refractivity contribution < 1.29 is 14.4 Å². The Kier molecular flexibility index (Phi) is 5.40. The first kappa shape index (κ1) is 21.6. The minimum Gasteiger partial charge on any atom is -0.339 e. The number of benzene rings is 2. The number of hydrogen-bond acceptors (Lipinski definition) is 5. The maximum absolute atomic E-state index is 13.1. The molecule has 2 aromatic carbocycles. The highest BCUT2D eigenvalue weighted by molar-refractivity contribution is 7.18. The molecule has 2 N–H and O–H groups in total. The highest BCUT2D eigenvalue weighted by Crippen LogP contribution is 2.35. The van der Waals surface area contributed by atoms with E-state index in [4.69, 9.17) is 4.98 Å². The summed E-state index contributed by atoms with van der Waals surface area (Å²) in [5, 5.41) is 6.27. The molecule has 33 heavy (non-hydrogen) atoms. The highest BCUT2D eigenvalue weighted by Gasteiger charge is 2.50. The Morgan fingerprint density at radius 3 is 2.39 bits per heavy atom. The number of urea groups is 1. The third kappa shape index (κ3) is 3.68. The molecular formula is C25H26N4O3S. The van der Waals surface area contributed by atoms with Gasteiger partial charge in [-0.1, -0.05) is 38.1 Å². The zero-order valence-corrected chi connectivity index (χ0v) is 19.4. The Bertz CT molecular complexity index is 1190. The fourth-order valence-corrected chi connectivity index (χ4v) is 6.00. The molecule has 3 aromatic rings. The van der Waals surface area contributed by atoms with Crippen LogP contribution in [0.5, 0.6) is 0 Å². The van der Waals surface area contributed by atoms with Gasteiger partial charge in [-0.2, -0.15) is 0 Å². The molecule has 0 unspecified atom stereocenters. The molecule has 2 saturated heterocycles. The zero-order valence-electron chi connectivity index (χ0n) is 18.6.